The summed E-state index contributed by atoms with van der Waals surface area (Å²) in [5.74, 6) is 0. The van der Waals surface area contributed by atoms with Crippen LogP contribution in [-0.2, 0) is 6.42 Å². The predicted molar refractivity (Wildman–Crippen MR) is 73.0 cm³/mol. The molecule has 0 saturated carbocycles. The molecule has 0 aliphatic rings. The Balaban J connectivity index is 2.21. The molecule has 84 valence electrons. The fraction of sp³-hybridized carbons (Fsp3) is 0.133. The van der Waals surface area contributed by atoms with E-state index in [9.17, 15) is 0 Å². The summed E-state index contributed by atoms with van der Waals surface area (Å²) in [5.41, 5.74) is 3.50. The van der Waals surface area contributed by atoms with Gasteiger partial charge in [-0.25, -0.2) is 0 Å². The van der Waals surface area contributed by atoms with Crippen LogP contribution in [0.25, 0.3) is 0 Å². The molecule has 0 aliphatic carbocycles. The van der Waals surface area contributed by atoms with Gasteiger partial charge in [-0.05, 0) is 16.7 Å². The minimum Gasteiger partial charge on any atom is -0.198 e. The second kappa shape index (κ2) is 5.65. The van der Waals surface area contributed by atoms with Crippen LogP contribution in [0.1, 0.15) is 21.5 Å². The van der Waals surface area contributed by atoms with E-state index in [1.165, 1.54) is 11.1 Å². The SMILES string of the molecule is N#CCc1ccc(C(Br)c2ccccc2)cc1. The Morgan fingerprint density at radius 2 is 1.53 bits per heavy atom. The van der Waals surface area contributed by atoms with Gasteiger partial charge in [-0.2, -0.15) is 5.26 Å². The van der Waals surface area contributed by atoms with Crippen molar-refractivity contribution in [2.45, 2.75) is 11.2 Å². The van der Waals surface area contributed by atoms with Crippen molar-refractivity contribution in [1.29, 1.82) is 5.26 Å². The van der Waals surface area contributed by atoms with E-state index in [0.29, 0.717) is 6.42 Å². The lowest BCUT2D eigenvalue weighted by Crippen LogP contribution is -1.92. The monoisotopic (exact) mass is 285 g/mol. The number of hydrogen-bond donors (Lipinski definition) is 0. The van der Waals surface area contributed by atoms with E-state index in [1.54, 1.807) is 0 Å². The zero-order valence-corrected chi connectivity index (χ0v) is 10.9. The summed E-state index contributed by atoms with van der Waals surface area (Å²) in [6.07, 6.45) is 0.471. The average molecular weight is 286 g/mol. The average Bonchev–Trinajstić information content (AvgIpc) is 2.40. The van der Waals surface area contributed by atoms with Crippen molar-refractivity contribution < 1.29 is 0 Å². The number of hydrogen-bond acceptors (Lipinski definition) is 1. The minimum absolute atomic E-state index is 0.208. The predicted octanol–water partition coefficient (Wildman–Crippen LogP) is 4.24. The fourth-order valence-electron chi connectivity index (χ4n) is 1.71. The molecule has 2 aromatic carbocycles. The van der Waals surface area contributed by atoms with Crippen LogP contribution in [0.2, 0.25) is 0 Å². The van der Waals surface area contributed by atoms with Gasteiger partial charge >= 0.3 is 0 Å². The lowest BCUT2D eigenvalue weighted by molar-refractivity contribution is 1.16. The first-order valence-electron chi connectivity index (χ1n) is 5.46. The molecule has 2 heteroatoms. The number of halogens is 1. The van der Waals surface area contributed by atoms with Gasteiger partial charge in [-0.1, -0.05) is 70.5 Å². The molecule has 0 aromatic heterocycles. The smallest absolute Gasteiger partial charge is 0.0669 e. The number of rotatable bonds is 3. The van der Waals surface area contributed by atoms with E-state index in [2.05, 4.69) is 46.3 Å². The van der Waals surface area contributed by atoms with Crippen LogP contribution in [0, 0.1) is 11.3 Å². The molecule has 17 heavy (non-hydrogen) atoms. The number of benzene rings is 2. The van der Waals surface area contributed by atoms with Gasteiger partial charge in [0.15, 0.2) is 0 Å². The molecular formula is C15H12BrN. The molecule has 1 unspecified atom stereocenters. The Morgan fingerprint density at radius 1 is 0.941 bits per heavy atom. The molecule has 2 aromatic rings. The molecule has 0 spiro atoms. The van der Waals surface area contributed by atoms with Crippen LogP contribution in [0.5, 0.6) is 0 Å². The normalized spacial score (nSPS) is 11.8. The van der Waals surface area contributed by atoms with Gasteiger partial charge in [0.05, 0.1) is 17.3 Å². The standard InChI is InChI=1S/C15H12BrN/c16-15(13-4-2-1-3-5-13)14-8-6-12(7-9-14)10-11-17/h1-9,15H,10H2. The molecule has 1 atom stereocenters. The highest BCUT2D eigenvalue weighted by Crippen LogP contribution is 2.30. The lowest BCUT2D eigenvalue weighted by Gasteiger charge is -2.10. The van der Waals surface area contributed by atoms with Crippen molar-refractivity contribution in [1.82, 2.24) is 0 Å². The van der Waals surface area contributed by atoms with E-state index in [4.69, 9.17) is 5.26 Å². The highest BCUT2D eigenvalue weighted by atomic mass is 79.9. The van der Waals surface area contributed by atoms with Crippen LogP contribution in [0.15, 0.2) is 54.6 Å². The minimum atomic E-state index is 0.208. The molecule has 0 aliphatic heterocycles. The molecule has 0 radical (unpaired) electrons. The maximum absolute atomic E-state index is 8.62. The number of nitriles is 1. The molecule has 2 rings (SSSR count). The lowest BCUT2D eigenvalue weighted by atomic mass is 10.0. The fourth-order valence-corrected chi connectivity index (χ4v) is 2.32. The van der Waals surface area contributed by atoms with Crippen LogP contribution < -0.4 is 0 Å². The summed E-state index contributed by atoms with van der Waals surface area (Å²) in [6, 6.07) is 20.6. The highest BCUT2D eigenvalue weighted by Gasteiger charge is 2.09. The zero-order chi connectivity index (χ0) is 12.1. The van der Waals surface area contributed by atoms with Gasteiger partial charge in [-0.15, -0.1) is 0 Å². The Morgan fingerprint density at radius 3 is 2.12 bits per heavy atom. The largest absolute Gasteiger partial charge is 0.198 e. The first-order valence-corrected chi connectivity index (χ1v) is 6.37. The maximum atomic E-state index is 8.62. The molecule has 0 amide bonds. The Bertz CT molecular complexity index is 511. The molecule has 0 N–H and O–H groups in total. The highest BCUT2D eigenvalue weighted by molar-refractivity contribution is 9.09. The van der Waals surface area contributed by atoms with Crippen molar-refractivity contribution in [3.8, 4) is 6.07 Å². The van der Waals surface area contributed by atoms with Crippen LogP contribution in [-0.4, -0.2) is 0 Å². The van der Waals surface area contributed by atoms with Crippen molar-refractivity contribution in [2.75, 3.05) is 0 Å². The van der Waals surface area contributed by atoms with Crippen molar-refractivity contribution in [2.24, 2.45) is 0 Å². The quantitative estimate of drug-likeness (QED) is 0.774. The third kappa shape index (κ3) is 2.95. The molecule has 0 heterocycles. The Labute approximate surface area is 110 Å². The third-order valence-corrected chi connectivity index (χ3v) is 3.71. The van der Waals surface area contributed by atoms with Gasteiger partial charge in [-0.3, -0.25) is 0 Å². The van der Waals surface area contributed by atoms with Crippen molar-refractivity contribution >= 4 is 15.9 Å². The topological polar surface area (TPSA) is 23.8 Å². The Hall–Kier alpha value is -1.59. The van der Waals surface area contributed by atoms with Crippen molar-refractivity contribution in [3.63, 3.8) is 0 Å². The van der Waals surface area contributed by atoms with Gasteiger partial charge in [0.25, 0.3) is 0 Å². The second-order valence-corrected chi connectivity index (χ2v) is 4.77. The van der Waals surface area contributed by atoms with Crippen LogP contribution in [0.3, 0.4) is 0 Å². The van der Waals surface area contributed by atoms with Crippen molar-refractivity contribution in [3.05, 3.63) is 71.3 Å². The first kappa shape index (κ1) is 11.9. The zero-order valence-electron chi connectivity index (χ0n) is 9.31. The van der Waals surface area contributed by atoms with Gasteiger partial charge in [0.1, 0.15) is 0 Å². The summed E-state index contributed by atoms with van der Waals surface area (Å²) in [6.45, 7) is 0. The summed E-state index contributed by atoms with van der Waals surface area (Å²) in [7, 11) is 0. The summed E-state index contributed by atoms with van der Waals surface area (Å²) < 4.78 is 0. The first-order chi connectivity index (χ1) is 8.31. The molecule has 0 bridgehead atoms. The molecule has 0 saturated heterocycles. The third-order valence-electron chi connectivity index (χ3n) is 2.65. The van der Waals surface area contributed by atoms with Crippen LogP contribution >= 0.6 is 15.9 Å². The van der Waals surface area contributed by atoms with E-state index in [-0.39, 0.29) is 4.83 Å². The number of alkyl halides is 1. The Kier molecular flexibility index (Phi) is 3.95. The van der Waals surface area contributed by atoms with E-state index < -0.39 is 0 Å². The molecular weight excluding hydrogens is 274 g/mol. The maximum Gasteiger partial charge on any atom is 0.0669 e. The molecule has 0 fully saturated rings. The van der Waals surface area contributed by atoms with E-state index in [1.807, 2.05) is 30.3 Å². The number of nitrogens with zero attached hydrogens (tertiary/aromatic N) is 1. The summed E-state index contributed by atoms with van der Waals surface area (Å²) in [5, 5.41) is 8.62. The van der Waals surface area contributed by atoms with Gasteiger partial charge < -0.3 is 0 Å². The van der Waals surface area contributed by atoms with Gasteiger partial charge in [0.2, 0.25) is 0 Å². The van der Waals surface area contributed by atoms with Gasteiger partial charge in [0, 0.05) is 0 Å². The van der Waals surface area contributed by atoms with E-state index >= 15 is 0 Å². The van der Waals surface area contributed by atoms with Crippen LogP contribution in [0.4, 0.5) is 0 Å². The van der Waals surface area contributed by atoms with E-state index in [0.717, 1.165) is 5.56 Å². The summed E-state index contributed by atoms with van der Waals surface area (Å²) in [4.78, 5) is 0.208. The second-order valence-electron chi connectivity index (χ2n) is 3.85. The molecule has 1 nitrogen and oxygen atoms in total. The summed E-state index contributed by atoms with van der Waals surface area (Å²) >= 11 is 3.69.